The minimum atomic E-state index is -1.04. The topological polar surface area (TPSA) is 98.8 Å². The van der Waals surface area contributed by atoms with Crippen molar-refractivity contribution >= 4 is 28.6 Å². The molecule has 0 heterocycles. The molecule has 2 aromatic rings. The van der Waals surface area contributed by atoms with E-state index >= 15 is 0 Å². The fourth-order valence-electron chi connectivity index (χ4n) is 2.21. The van der Waals surface area contributed by atoms with E-state index < -0.39 is 35.2 Å². The van der Waals surface area contributed by atoms with Crippen LogP contribution in [0.5, 0.6) is 5.75 Å². The van der Waals surface area contributed by atoms with E-state index in [0.717, 1.165) is 5.56 Å². The highest BCUT2D eigenvalue weighted by Gasteiger charge is 2.14. The molecule has 0 aliphatic heterocycles. The molecule has 1 N–H and O–H groups in total. The Morgan fingerprint density at radius 3 is 2.37 bits per heavy atom. The Labute approximate surface area is 159 Å². The minimum absolute atomic E-state index is 0.243. The molecule has 0 fully saturated rings. The fraction of sp³-hybridized carbons (Fsp3) is 0.211. The molecule has 8 heteroatoms. The number of ether oxygens (including phenoxy) is 2. The van der Waals surface area contributed by atoms with Crippen LogP contribution in [-0.2, 0) is 26.1 Å². The van der Waals surface area contributed by atoms with Crippen molar-refractivity contribution in [3.63, 3.8) is 0 Å². The van der Waals surface area contributed by atoms with Gasteiger partial charge in [-0.25, -0.2) is 4.79 Å². The molecule has 0 aliphatic rings. The largest absolute Gasteiger partial charge is 0.497 e. The van der Waals surface area contributed by atoms with Gasteiger partial charge >= 0.3 is 5.97 Å². The lowest BCUT2D eigenvalue weighted by Gasteiger charge is -2.07. The first-order valence-corrected chi connectivity index (χ1v) is 9.66. The number of nitrogens with one attached hydrogen (secondary N) is 1. The number of carbonyl (C=O) groups is 3. The van der Waals surface area contributed by atoms with Gasteiger partial charge in [0.15, 0.2) is 6.61 Å². The van der Waals surface area contributed by atoms with E-state index in [2.05, 4.69) is 5.32 Å². The van der Waals surface area contributed by atoms with Crippen molar-refractivity contribution in [1.29, 1.82) is 0 Å². The molecule has 142 valence electrons. The first-order chi connectivity index (χ1) is 12.9. The fourth-order valence-corrected chi connectivity index (χ4v) is 2.86. The lowest BCUT2D eigenvalue weighted by atomic mass is 10.1. The van der Waals surface area contributed by atoms with E-state index in [0.29, 0.717) is 11.5 Å². The van der Waals surface area contributed by atoms with E-state index in [1.54, 1.807) is 36.6 Å². The standard InChI is InChI=1S/C19H19NO6S/c1-25-16-8-6-14(7-9-16)18(22)20-17(21)11-26-19(23)15-5-3-4-13(10-15)12-27(2)24/h3-10H,11-12H2,1-2H3,(H,20,21,22). The number of hydrogen-bond acceptors (Lipinski definition) is 6. The molecule has 1 unspecified atom stereocenters. The molecule has 0 saturated heterocycles. The Morgan fingerprint density at radius 1 is 1.04 bits per heavy atom. The number of esters is 1. The Morgan fingerprint density at radius 2 is 1.74 bits per heavy atom. The van der Waals surface area contributed by atoms with Gasteiger partial charge in [-0.1, -0.05) is 12.1 Å². The summed E-state index contributed by atoms with van der Waals surface area (Å²) in [6.45, 7) is -0.593. The van der Waals surface area contributed by atoms with Crippen LogP contribution in [0.3, 0.4) is 0 Å². The monoisotopic (exact) mass is 389 g/mol. The van der Waals surface area contributed by atoms with Crippen LogP contribution >= 0.6 is 0 Å². The van der Waals surface area contributed by atoms with Crippen LogP contribution < -0.4 is 10.1 Å². The van der Waals surface area contributed by atoms with E-state index in [1.807, 2.05) is 0 Å². The van der Waals surface area contributed by atoms with Gasteiger partial charge in [0, 0.05) is 28.4 Å². The van der Waals surface area contributed by atoms with E-state index in [-0.39, 0.29) is 11.1 Å². The predicted octanol–water partition coefficient (Wildman–Crippen LogP) is 1.69. The Kier molecular flexibility index (Phi) is 7.25. The third kappa shape index (κ3) is 6.34. The zero-order chi connectivity index (χ0) is 19.8. The van der Waals surface area contributed by atoms with Crippen LogP contribution in [0.25, 0.3) is 0 Å². The SMILES string of the molecule is COc1ccc(C(=O)NC(=O)COC(=O)c2cccc(CS(C)=O)c2)cc1. The number of rotatable bonds is 7. The first kappa shape index (κ1) is 20.3. The summed E-state index contributed by atoms with van der Waals surface area (Å²) in [5.41, 5.74) is 1.24. The number of imide groups is 1. The highest BCUT2D eigenvalue weighted by molar-refractivity contribution is 7.83. The quantitative estimate of drug-likeness (QED) is 0.724. The average Bonchev–Trinajstić information content (AvgIpc) is 2.65. The lowest BCUT2D eigenvalue weighted by Crippen LogP contribution is -2.34. The zero-order valence-electron chi connectivity index (χ0n) is 14.9. The molecule has 1 atom stereocenters. The molecule has 2 rings (SSSR count). The van der Waals surface area contributed by atoms with Gasteiger partial charge in [0.1, 0.15) is 5.75 Å². The lowest BCUT2D eigenvalue weighted by molar-refractivity contribution is -0.123. The smallest absolute Gasteiger partial charge is 0.338 e. The summed E-state index contributed by atoms with van der Waals surface area (Å²) in [4.78, 5) is 35.8. The van der Waals surface area contributed by atoms with Crippen molar-refractivity contribution in [3.8, 4) is 5.75 Å². The maximum atomic E-state index is 12.0. The van der Waals surface area contributed by atoms with Crippen molar-refractivity contribution in [1.82, 2.24) is 5.32 Å². The molecule has 0 aliphatic carbocycles. The van der Waals surface area contributed by atoms with Crippen molar-refractivity contribution in [2.24, 2.45) is 0 Å². The third-order valence-corrected chi connectivity index (χ3v) is 4.21. The Bertz CT molecular complexity index is 863. The molecule has 2 aromatic carbocycles. The van der Waals surface area contributed by atoms with Crippen LogP contribution in [0, 0.1) is 0 Å². The molecule has 0 radical (unpaired) electrons. The molecule has 27 heavy (non-hydrogen) atoms. The summed E-state index contributed by atoms with van der Waals surface area (Å²) < 4.78 is 21.2. The second-order valence-corrected chi connectivity index (χ2v) is 7.03. The molecular weight excluding hydrogens is 370 g/mol. The molecule has 7 nitrogen and oxygen atoms in total. The third-order valence-electron chi connectivity index (χ3n) is 3.47. The average molecular weight is 389 g/mol. The van der Waals surface area contributed by atoms with Gasteiger partial charge in [0.25, 0.3) is 11.8 Å². The van der Waals surface area contributed by atoms with Gasteiger partial charge in [-0.05, 0) is 42.0 Å². The van der Waals surface area contributed by atoms with Gasteiger partial charge < -0.3 is 9.47 Å². The van der Waals surface area contributed by atoms with Crippen LogP contribution in [0.2, 0.25) is 0 Å². The zero-order valence-corrected chi connectivity index (χ0v) is 15.7. The van der Waals surface area contributed by atoms with Crippen molar-refractivity contribution in [2.45, 2.75) is 5.75 Å². The highest BCUT2D eigenvalue weighted by atomic mass is 32.2. The number of carbonyl (C=O) groups excluding carboxylic acids is 3. The predicted molar refractivity (Wildman–Crippen MR) is 100.0 cm³/mol. The molecular formula is C19H19NO6S. The Balaban J connectivity index is 1.88. The summed E-state index contributed by atoms with van der Waals surface area (Å²) in [6, 6.07) is 12.7. The van der Waals surface area contributed by atoms with E-state index in [1.165, 1.54) is 25.3 Å². The van der Waals surface area contributed by atoms with Crippen LogP contribution in [-0.4, -0.2) is 42.0 Å². The number of methoxy groups -OCH3 is 1. The van der Waals surface area contributed by atoms with E-state index in [9.17, 15) is 18.6 Å². The maximum absolute atomic E-state index is 12.0. The number of amides is 2. The summed E-state index contributed by atoms with van der Waals surface area (Å²) in [5.74, 6) is -1.15. The molecule has 0 bridgehead atoms. The number of benzene rings is 2. The normalized spacial score (nSPS) is 11.3. The summed E-state index contributed by atoms with van der Waals surface area (Å²) in [7, 11) is 0.466. The summed E-state index contributed by atoms with van der Waals surface area (Å²) in [5, 5.41) is 2.14. The molecule has 0 spiro atoms. The maximum Gasteiger partial charge on any atom is 0.338 e. The first-order valence-electron chi connectivity index (χ1n) is 7.93. The van der Waals surface area contributed by atoms with Gasteiger partial charge in [-0.2, -0.15) is 0 Å². The van der Waals surface area contributed by atoms with Gasteiger partial charge in [0.05, 0.1) is 12.7 Å². The van der Waals surface area contributed by atoms with Crippen molar-refractivity contribution in [3.05, 3.63) is 65.2 Å². The highest BCUT2D eigenvalue weighted by Crippen LogP contribution is 2.11. The van der Waals surface area contributed by atoms with Crippen LogP contribution in [0.4, 0.5) is 0 Å². The second kappa shape index (κ2) is 9.63. The van der Waals surface area contributed by atoms with Gasteiger partial charge in [0.2, 0.25) is 0 Å². The van der Waals surface area contributed by atoms with Gasteiger partial charge in [-0.3, -0.25) is 19.1 Å². The van der Waals surface area contributed by atoms with Crippen LogP contribution in [0.15, 0.2) is 48.5 Å². The molecule has 0 aromatic heterocycles. The molecule has 2 amide bonds. The van der Waals surface area contributed by atoms with Gasteiger partial charge in [-0.15, -0.1) is 0 Å². The van der Waals surface area contributed by atoms with E-state index in [4.69, 9.17) is 9.47 Å². The number of hydrogen-bond donors (Lipinski definition) is 1. The minimum Gasteiger partial charge on any atom is -0.497 e. The Hall–Kier alpha value is -3.00. The van der Waals surface area contributed by atoms with Crippen molar-refractivity contribution < 1.29 is 28.1 Å². The van der Waals surface area contributed by atoms with Crippen molar-refractivity contribution in [2.75, 3.05) is 20.0 Å². The second-order valence-electron chi connectivity index (χ2n) is 5.60. The summed E-state index contributed by atoms with van der Waals surface area (Å²) >= 11 is 0. The molecule has 0 saturated carbocycles. The summed E-state index contributed by atoms with van der Waals surface area (Å²) in [6.07, 6.45) is 1.56. The van der Waals surface area contributed by atoms with Crippen LogP contribution in [0.1, 0.15) is 26.3 Å².